The van der Waals surface area contributed by atoms with E-state index in [4.69, 9.17) is 4.74 Å². The summed E-state index contributed by atoms with van der Waals surface area (Å²) in [6.07, 6.45) is 4.11. The highest BCUT2D eigenvalue weighted by Crippen LogP contribution is 2.40. The molecule has 3 rings (SSSR count). The molecule has 1 aromatic rings. The molecule has 1 aromatic carbocycles. The number of piperidine rings is 1. The van der Waals surface area contributed by atoms with Gasteiger partial charge in [-0.05, 0) is 58.4 Å². The lowest BCUT2D eigenvalue weighted by Crippen LogP contribution is -2.49. The number of carbonyl (C=O) groups is 2. The number of Topliss-reactive ketones (excluding diaryl/α,β-unsaturated/α-hetero) is 1. The van der Waals surface area contributed by atoms with Gasteiger partial charge >= 0.3 is 6.09 Å². The zero-order valence-corrected chi connectivity index (χ0v) is 15.7. The number of fused-ring (bicyclic) bond motifs is 2. The van der Waals surface area contributed by atoms with Crippen molar-refractivity contribution in [2.75, 3.05) is 0 Å². The Balaban J connectivity index is 1.73. The Labute approximate surface area is 150 Å². The average Bonchev–Trinajstić information content (AvgIpc) is 2.83. The number of benzene rings is 1. The fourth-order valence-electron chi connectivity index (χ4n) is 4.29. The quantitative estimate of drug-likeness (QED) is 0.753. The molecule has 2 heterocycles. The smallest absolute Gasteiger partial charge is 0.410 e. The van der Waals surface area contributed by atoms with E-state index in [9.17, 15) is 9.59 Å². The molecule has 4 nitrogen and oxygen atoms in total. The van der Waals surface area contributed by atoms with E-state index in [1.54, 1.807) is 0 Å². The molecule has 2 fully saturated rings. The van der Waals surface area contributed by atoms with Crippen molar-refractivity contribution in [2.24, 2.45) is 5.92 Å². The van der Waals surface area contributed by atoms with E-state index < -0.39 is 5.60 Å². The van der Waals surface area contributed by atoms with Gasteiger partial charge in [-0.3, -0.25) is 4.79 Å². The van der Waals surface area contributed by atoms with Crippen LogP contribution in [-0.4, -0.2) is 34.5 Å². The molecule has 2 aliphatic heterocycles. The first-order chi connectivity index (χ1) is 11.8. The van der Waals surface area contributed by atoms with Crippen LogP contribution in [0.3, 0.4) is 0 Å². The van der Waals surface area contributed by atoms with Crippen LogP contribution in [0.4, 0.5) is 4.79 Å². The summed E-state index contributed by atoms with van der Waals surface area (Å²) >= 11 is 0. The minimum Gasteiger partial charge on any atom is -0.444 e. The average molecular weight is 343 g/mol. The van der Waals surface area contributed by atoms with Crippen LogP contribution in [0.5, 0.6) is 0 Å². The summed E-state index contributed by atoms with van der Waals surface area (Å²) in [6, 6.07) is 8.19. The van der Waals surface area contributed by atoms with E-state index in [0.29, 0.717) is 0 Å². The molecule has 0 radical (unpaired) electrons. The van der Waals surface area contributed by atoms with Gasteiger partial charge in [-0.15, -0.1) is 0 Å². The van der Waals surface area contributed by atoms with Crippen molar-refractivity contribution < 1.29 is 14.3 Å². The summed E-state index contributed by atoms with van der Waals surface area (Å²) in [5, 5.41) is 0. The first-order valence-electron chi connectivity index (χ1n) is 9.43. The third-order valence-corrected chi connectivity index (χ3v) is 5.37. The predicted octanol–water partition coefficient (Wildman–Crippen LogP) is 4.61. The van der Waals surface area contributed by atoms with Crippen molar-refractivity contribution in [3.8, 4) is 0 Å². The fourth-order valence-corrected chi connectivity index (χ4v) is 4.29. The Kier molecular flexibility index (Phi) is 4.90. The number of hydrogen-bond donors (Lipinski definition) is 0. The van der Waals surface area contributed by atoms with Crippen molar-refractivity contribution in [1.82, 2.24) is 4.90 Å². The Morgan fingerprint density at radius 2 is 1.72 bits per heavy atom. The molecule has 2 unspecified atom stereocenters. The lowest BCUT2D eigenvalue weighted by atomic mass is 9.83. The highest BCUT2D eigenvalue weighted by molar-refractivity contribution is 5.99. The van der Waals surface area contributed by atoms with Gasteiger partial charge in [-0.2, -0.15) is 0 Å². The number of rotatable bonds is 3. The molecular formula is C21H29NO3. The van der Waals surface area contributed by atoms with Crippen LogP contribution in [0.15, 0.2) is 24.3 Å². The molecule has 0 aliphatic carbocycles. The standard InChI is InChI=1S/C21H29NO3/c1-5-14-8-6-7-9-18(14)19(23)15-12-16-10-11-17(13-15)22(16)20(24)25-21(2,3)4/h6-9,15-17H,5,10-13H2,1-4H3. The first kappa shape index (κ1) is 18.0. The van der Waals surface area contributed by atoms with Crippen LogP contribution < -0.4 is 0 Å². The van der Waals surface area contributed by atoms with Crippen LogP contribution in [0.1, 0.15) is 69.3 Å². The van der Waals surface area contributed by atoms with Gasteiger partial charge in [0.25, 0.3) is 0 Å². The maximum absolute atomic E-state index is 13.1. The van der Waals surface area contributed by atoms with Crippen molar-refractivity contribution in [3.63, 3.8) is 0 Å². The van der Waals surface area contributed by atoms with Crippen molar-refractivity contribution in [1.29, 1.82) is 0 Å². The fraction of sp³-hybridized carbons (Fsp3) is 0.619. The maximum atomic E-state index is 13.1. The zero-order valence-electron chi connectivity index (χ0n) is 15.7. The number of carbonyl (C=O) groups excluding carboxylic acids is 2. The minimum absolute atomic E-state index is 0.0175. The molecule has 2 saturated heterocycles. The Hall–Kier alpha value is -1.84. The van der Waals surface area contributed by atoms with Crippen LogP contribution in [0.2, 0.25) is 0 Å². The van der Waals surface area contributed by atoms with Crippen LogP contribution >= 0.6 is 0 Å². The van der Waals surface area contributed by atoms with Gasteiger partial charge < -0.3 is 9.64 Å². The largest absolute Gasteiger partial charge is 0.444 e. The van der Waals surface area contributed by atoms with E-state index in [2.05, 4.69) is 6.92 Å². The van der Waals surface area contributed by atoms with Crippen LogP contribution in [-0.2, 0) is 11.2 Å². The molecule has 1 amide bonds. The van der Waals surface area contributed by atoms with Crippen molar-refractivity contribution >= 4 is 11.9 Å². The van der Waals surface area contributed by atoms with Gasteiger partial charge in [0.15, 0.2) is 5.78 Å². The number of aryl methyl sites for hydroxylation is 1. The summed E-state index contributed by atoms with van der Waals surface area (Å²) in [4.78, 5) is 27.5. The summed E-state index contributed by atoms with van der Waals surface area (Å²) in [6.45, 7) is 7.77. The van der Waals surface area contributed by atoms with Gasteiger partial charge in [0.05, 0.1) is 0 Å². The van der Waals surface area contributed by atoms with E-state index in [0.717, 1.165) is 43.2 Å². The molecule has 0 aromatic heterocycles. The van der Waals surface area contributed by atoms with Crippen LogP contribution in [0.25, 0.3) is 0 Å². The second-order valence-corrected chi connectivity index (χ2v) is 8.32. The Morgan fingerprint density at radius 1 is 1.12 bits per heavy atom. The maximum Gasteiger partial charge on any atom is 0.410 e. The molecule has 0 saturated carbocycles. The molecule has 0 N–H and O–H groups in total. The van der Waals surface area contributed by atoms with E-state index >= 15 is 0 Å². The molecule has 2 atom stereocenters. The summed E-state index contributed by atoms with van der Waals surface area (Å²) in [5.41, 5.74) is 1.50. The molecule has 0 spiro atoms. The Bertz CT molecular complexity index is 647. The summed E-state index contributed by atoms with van der Waals surface area (Å²) in [7, 11) is 0. The van der Waals surface area contributed by atoms with E-state index in [1.165, 1.54) is 0 Å². The van der Waals surface area contributed by atoms with Gasteiger partial charge in [-0.25, -0.2) is 4.79 Å². The lowest BCUT2D eigenvalue weighted by molar-refractivity contribution is 0.00253. The number of ketones is 1. The van der Waals surface area contributed by atoms with Gasteiger partial charge in [0.1, 0.15) is 5.60 Å². The molecular weight excluding hydrogens is 314 g/mol. The summed E-state index contributed by atoms with van der Waals surface area (Å²) in [5.74, 6) is 0.266. The molecule has 4 heteroatoms. The topological polar surface area (TPSA) is 46.6 Å². The molecule has 25 heavy (non-hydrogen) atoms. The number of amides is 1. The lowest BCUT2D eigenvalue weighted by Gasteiger charge is -2.39. The molecule has 2 aliphatic rings. The summed E-state index contributed by atoms with van der Waals surface area (Å²) < 4.78 is 5.58. The number of hydrogen-bond acceptors (Lipinski definition) is 3. The minimum atomic E-state index is -0.483. The Morgan fingerprint density at radius 3 is 2.28 bits per heavy atom. The number of ether oxygens (including phenoxy) is 1. The highest BCUT2D eigenvalue weighted by Gasteiger charge is 2.46. The predicted molar refractivity (Wildman–Crippen MR) is 97.8 cm³/mol. The second kappa shape index (κ2) is 6.81. The third-order valence-electron chi connectivity index (χ3n) is 5.37. The normalized spacial score (nSPS) is 25.8. The van der Waals surface area contributed by atoms with Crippen molar-refractivity contribution in [2.45, 2.75) is 77.5 Å². The molecule has 2 bridgehead atoms. The monoisotopic (exact) mass is 343 g/mol. The third kappa shape index (κ3) is 3.73. The van der Waals surface area contributed by atoms with Gasteiger partial charge in [-0.1, -0.05) is 31.2 Å². The molecule has 136 valence electrons. The first-order valence-corrected chi connectivity index (χ1v) is 9.43. The highest BCUT2D eigenvalue weighted by atomic mass is 16.6. The van der Waals surface area contributed by atoms with Crippen molar-refractivity contribution in [3.05, 3.63) is 35.4 Å². The van der Waals surface area contributed by atoms with Gasteiger partial charge in [0, 0.05) is 23.6 Å². The zero-order chi connectivity index (χ0) is 18.2. The van der Waals surface area contributed by atoms with Crippen LogP contribution in [0, 0.1) is 5.92 Å². The number of nitrogens with zero attached hydrogens (tertiary/aromatic N) is 1. The van der Waals surface area contributed by atoms with Gasteiger partial charge in [0.2, 0.25) is 0 Å². The second-order valence-electron chi connectivity index (χ2n) is 8.32. The SMILES string of the molecule is CCc1ccccc1C(=O)C1CC2CCC(C1)N2C(=O)OC(C)(C)C. The van der Waals surface area contributed by atoms with E-state index in [1.807, 2.05) is 49.9 Å². The van der Waals surface area contributed by atoms with E-state index in [-0.39, 0.29) is 29.9 Å².